The van der Waals surface area contributed by atoms with Crippen LogP contribution in [0.2, 0.25) is 0 Å². The van der Waals surface area contributed by atoms with Gasteiger partial charge in [0.25, 0.3) is 0 Å². The first-order chi connectivity index (χ1) is 16.3. The van der Waals surface area contributed by atoms with Gasteiger partial charge in [-0.25, -0.2) is 4.39 Å². The number of carbonyl (C=O) groups is 2. The van der Waals surface area contributed by atoms with Crippen molar-refractivity contribution in [3.8, 4) is 17.2 Å². The van der Waals surface area contributed by atoms with Crippen LogP contribution in [0.15, 0.2) is 18.2 Å². The number of hydrogen-bond acceptors (Lipinski definition) is 6. The van der Waals surface area contributed by atoms with Gasteiger partial charge < -0.3 is 19.5 Å². The molecule has 0 atom stereocenters. The average molecular weight is 550 g/mol. The summed E-state index contributed by atoms with van der Waals surface area (Å²) >= 11 is 3.17. The number of ketones is 1. The summed E-state index contributed by atoms with van der Waals surface area (Å²) in [5, 5.41) is 19.3. The number of nitrogens with one attached hydrogen (secondary N) is 1. The van der Waals surface area contributed by atoms with Crippen LogP contribution in [0.4, 0.5) is 4.39 Å². The SMILES string of the molecule is COc1cc2c(c(F)c1OC)C(=N)N(CC(=O)c1cc(CN(Br)C(C)=O)c(O)c(C(C)(C)C)c1)C2. The molecule has 188 valence electrons. The first-order valence-corrected chi connectivity index (χ1v) is 11.6. The highest BCUT2D eigenvalue weighted by molar-refractivity contribution is 9.07. The Morgan fingerprint density at radius 3 is 2.43 bits per heavy atom. The van der Waals surface area contributed by atoms with Crippen molar-refractivity contribution in [3.05, 3.63) is 51.8 Å². The molecule has 2 aromatic carbocycles. The molecule has 1 amide bonds. The van der Waals surface area contributed by atoms with E-state index in [1.54, 1.807) is 18.2 Å². The van der Waals surface area contributed by atoms with E-state index in [4.69, 9.17) is 14.9 Å². The third-order valence-electron chi connectivity index (χ3n) is 5.91. The van der Waals surface area contributed by atoms with E-state index in [1.807, 2.05) is 20.8 Å². The fourth-order valence-corrected chi connectivity index (χ4v) is 4.30. The van der Waals surface area contributed by atoms with Crippen molar-refractivity contribution in [2.45, 2.75) is 46.2 Å². The van der Waals surface area contributed by atoms with Gasteiger partial charge in [0, 0.05) is 30.2 Å². The maximum atomic E-state index is 15.1. The minimum atomic E-state index is -0.703. The van der Waals surface area contributed by atoms with Crippen molar-refractivity contribution in [3.63, 3.8) is 0 Å². The highest BCUT2D eigenvalue weighted by Gasteiger charge is 2.33. The number of phenols is 1. The van der Waals surface area contributed by atoms with E-state index in [9.17, 15) is 14.7 Å². The van der Waals surface area contributed by atoms with Gasteiger partial charge in [-0.3, -0.25) is 18.9 Å². The lowest BCUT2D eigenvalue weighted by Gasteiger charge is -2.25. The molecule has 10 heteroatoms. The summed E-state index contributed by atoms with van der Waals surface area (Å²) in [6, 6.07) is 4.79. The van der Waals surface area contributed by atoms with Gasteiger partial charge in [-0.1, -0.05) is 20.8 Å². The minimum absolute atomic E-state index is 0.0160. The van der Waals surface area contributed by atoms with Crippen molar-refractivity contribution < 1.29 is 28.6 Å². The van der Waals surface area contributed by atoms with Crippen molar-refractivity contribution >= 4 is 33.7 Å². The number of carbonyl (C=O) groups excluding carboxylic acids is 2. The molecule has 1 aliphatic rings. The topological polar surface area (TPSA) is 103 Å². The zero-order valence-corrected chi connectivity index (χ0v) is 22.2. The Bertz CT molecular complexity index is 1210. The first kappa shape index (κ1) is 26.5. The van der Waals surface area contributed by atoms with Gasteiger partial charge in [-0.2, -0.15) is 0 Å². The van der Waals surface area contributed by atoms with E-state index in [2.05, 4.69) is 16.1 Å². The summed E-state index contributed by atoms with van der Waals surface area (Å²) in [5.74, 6) is -1.25. The molecule has 3 rings (SSSR count). The van der Waals surface area contributed by atoms with Gasteiger partial charge in [0.15, 0.2) is 23.1 Å². The summed E-state index contributed by atoms with van der Waals surface area (Å²) in [5.41, 5.74) is 1.42. The van der Waals surface area contributed by atoms with Crippen LogP contribution < -0.4 is 9.47 Å². The van der Waals surface area contributed by atoms with Crippen molar-refractivity contribution in [2.75, 3.05) is 20.8 Å². The molecule has 0 saturated heterocycles. The Balaban J connectivity index is 1.95. The second kappa shape index (κ2) is 9.85. The predicted molar refractivity (Wildman–Crippen MR) is 133 cm³/mol. The smallest absolute Gasteiger partial charge is 0.229 e. The lowest BCUT2D eigenvalue weighted by Crippen LogP contribution is -2.31. The number of Topliss-reactive ketones (excluding diaryl/α,β-unsaturated/α-hetero) is 1. The highest BCUT2D eigenvalue weighted by Crippen LogP contribution is 2.39. The number of aromatic hydroxyl groups is 1. The molecule has 2 aromatic rings. The number of fused-ring (bicyclic) bond motifs is 1. The maximum Gasteiger partial charge on any atom is 0.229 e. The Hall–Kier alpha value is -3.14. The normalized spacial score (nSPS) is 13.0. The summed E-state index contributed by atoms with van der Waals surface area (Å²) in [4.78, 5) is 26.5. The van der Waals surface area contributed by atoms with E-state index in [0.29, 0.717) is 22.3 Å². The minimum Gasteiger partial charge on any atom is -0.507 e. The second-order valence-corrected chi connectivity index (χ2v) is 10.3. The number of ether oxygens (including phenoxy) is 2. The van der Waals surface area contributed by atoms with Gasteiger partial charge in [-0.15, -0.1) is 0 Å². The number of phenolic OH excluding ortho intramolecular Hbond substituents is 1. The molecular formula is C25H29BrFN3O5. The quantitative estimate of drug-likeness (QED) is 0.388. The summed E-state index contributed by atoms with van der Waals surface area (Å²) < 4.78 is 26.6. The Morgan fingerprint density at radius 1 is 1.23 bits per heavy atom. The standard InChI is InChI=1S/C25H29BrFN3O5/c1-13(31)30(26)11-16-7-14(8-17(22(16)33)25(2,3)4)18(32)12-29-10-15-9-19(34-5)23(35-6)21(27)20(15)24(29)28/h7-9,28,33H,10-12H2,1-6H3. The summed E-state index contributed by atoms with van der Waals surface area (Å²) in [7, 11) is 2.73. The number of nitrogens with zero attached hydrogens (tertiary/aromatic N) is 2. The lowest BCUT2D eigenvalue weighted by molar-refractivity contribution is -0.123. The molecule has 0 fully saturated rings. The van der Waals surface area contributed by atoms with Crippen LogP contribution in [0, 0.1) is 11.2 Å². The van der Waals surface area contributed by atoms with E-state index in [-0.39, 0.29) is 60.0 Å². The third kappa shape index (κ3) is 5.12. The summed E-state index contributed by atoms with van der Waals surface area (Å²) in [6.07, 6.45) is 0. The zero-order chi connectivity index (χ0) is 26.2. The molecular weight excluding hydrogens is 521 g/mol. The van der Waals surface area contributed by atoms with Crippen LogP contribution in [-0.4, -0.2) is 52.2 Å². The van der Waals surface area contributed by atoms with E-state index in [0.717, 1.165) is 0 Å². The van der Waals surface area contributed by atoms with Crippen LogP contribution in [0.25, 0.3) is 0 Å². The molecule has 0 spiro atoms. The van der Waals surface area contributed by atoms with Crippen LogP contribution in [0.3, 0.4) is 0 Å². The molecule has 0 saturated carbocycles. The number of methoxy groups -OCH3 is 2. The molecule has 1 aliphatic heterocycles. The Morgan fingerprint density at radius 2 is 1.89 bits per heavy atom. The van der Waals surface area contributed by atoms with Crippen LogP contribution in [-0.2, 0) is 23.3 Å². The number of amides is 1. The van der Waals surface area contributed by atoms with E-state index in [1.165, 1.54) is 30.0 Å². The molecule has 0 bridgehead atoms. The number of halogens is 2. The monoisotopic (exact) mass is 549 g/mol. The number of hydrogen-bond donors (Lipinski definition) is 2. The van der Waals surface area contributed by atoms with E-state index >= 15 is 4.39 Å². The fraction of sp³-hybridized carbons (Fsp3) is 0.400. The molecule has 1 heterocycles. The molecule has 8 nitrogen and oxygen atoms in total. The highest BCUT2D eigenvalue weighted by atomic mass is 79.9. The molecule has 2 N–H and O–H groups in total. The van der Waals surface area contributed by atoms with Gasteiger partial charge in [0.05, 0.1) is 49.0 Å². The molecule has 0 unspecified atom stereocenters. The van der Waals surface area contributed by atoms with Gasteiger partial charge in [0.2, 0.25) is 5.91 Å². The van der Waals surface area contributed by atoms with Crippen molar-refractivity contribution in [1.29, 1.82) is 5.41 Å². The fourth-order valence-electron chi connectivity index (χ4n) is 4.03. The molecule has 0 aliphatic carbocycles. The Labute approximate surface area is 212 Å². The first-order valence-electron chi connectivity index (χ1n) is 10.9. The maximum absolute atomic E-state index is 15.1. The lowest BCUT2D eigenvalue weighted by atomic mass is 9.83. The van der Waals surface area contributed by atoms with E-state index < -0.39 is 11.2 Å². The zero-order valence-electron chi connectivity index (χ0n) is 20.6. The largest absolute Gasteiger partial charge is 0.507 e. The van der Waals surface area contributed by atoms with Crippen LogP contribution in [0.5, 0.6) is 17.2 Å². The Kier molecular flexibility index (Phi) is 7.45. The number of amidine groups is 1. The van der Waals surface area contributed by atoms with Crippen LogP contribution in [0.1, 0.15) is 60.3 Å². The van der Waals surface area contributed by atoms with Gasteiger partial charge >= 0.3 is 0 Å². The van der Waals surface area contributed by atoms with Gasteiger partial charge in [-0.05, 0) is 29.2 Å². The molecule has 0 radical (unpaired) electrons. The summed E-state index contributed by atoms with van der Waals surface area (Å²) in [6.45, 7) is 7.16. The van der Waals surface area contributed by atoms with Gasteiger partial charge in [0.1, 0.15) is 11.6 Å². The molecule has 35 heavy (non-hydrogen) atoms. The van der Waals surface area contributed by atoms with Crippen molar-refractivity contribution in [1.82, 2.24) is 8.83 Å². The molecule has 0 aromatic heterocycles. The number of rotatable bonds is 7. The number of benzene rings is 2. The van der Waals surface area contributed by atoms with Crippen LogP contribution >= 0.6 is 16.1 Å². The van der Waals surface area contributed by atoms with Crippen molar-refractivity contribution in [2.24, 2.45) is 0 Å². The second-order valence-electron chi connectivity index (χ2n) is 9.41. The third-order valence-corrected chi connectivity index (χ3v) is 6.66. The predicted octanol–water partition coefficient (Wildman–Crippen LogP) is 4.53. The average Bonchev–Trinajstić information content (AvgIpc) is 3.08.